The molecule has 0 atom stereocenters. The Morgan fingerprint density at radius 1 is 1.43 bits per heavy atom. The summed E-state index contributed by atoms with van der Waals surface area (Å²) in [4.78, 5) is 13.3. The molecule has 1 fully saturated rings. The highest BCUT2D eigenvalue weighted by Gasteiger charge is 2.42. The lowest BCUT2D eigenvalue weighted by atomic mass is 10.0. The fraction of sp³-hybridized carbons (Fsp3) is 0.533. The van der Waals surface area contributed by atoms with Gasteiger partial charge in [0, 0.05) is 31.5 Å². The van der Waals surface area contributed by atoms with Crippen LogP contribution in [-0.4, -0.2) is 36.5 Å². The highest BCUT2D eigenvalue weighted by atomic mass is 19.1. The molecule has 3 rings (SSSR count). The first-order chi connectivity index (χ1) is 10.1. The average Bonchev–Trinajstić information content (AvgIpc) is 2.49. The van der Waals surface area contributed by atoms with E-state index in [0.29, 0.717) is 50.5 Å². The van der Waals surface area contributed by atoms with Gasteiger partial charge in [0.2, 0.25) is 5.79 Å². The number of benzene rings is 1. The van der Waals surface area contributed by atoms with E-state index in [1.807, 2.05) is 0 Å². The summed E-state index contributed by atoms with van der Waals surface area (Å²) >= 11 is 0. The number of nitrogens with zero attached hydrogens (tertiary/aromatic N) is 1. The lowest BCUT2D eigenvalue weighted by molar-refractivity contribution is -0.226. The van der Waals surface area contributed by atoms with Crippen LogP contribution in [0.1, 0.15) is 25.3 Å². The molecule has 2 heterocycles. The third kappa shape index (κ3) is 2.81. The van der Waals surface area contributed by atoms with Crippen molar-refractivity contribution in [1.29, 1.82) is 0 Å². The van der Waals surface area contributed by atoms with Gasteiger partial charge in [0.25, 0.3) is 0 Å². The topological polar surface area (TPSA) is 48.0 Å². The Hall–Kier alpha value is -1.82. The van der Waals surface area contributed by atoms with Gasteiger partial charge in [-0.1, -0.05) is 0 Å². The second-order valence-electron chi connectivity index (χ2n) is 5.24. The van der Waals surface area contributed by atoms with Gasteiger partial charge >= 0.3 is 6.09 Å². The quantitative estimate of drug-likeness (QED) is 0.799. The summed E-state index contributed by atoms with van der Waals surface area (Å²) in [5.74, 6) is -0.352. The largest absolute Gasteiger partial charge is 0.462 e. The van der Waals surface area contributed by atoms with Crippen LogP contribution >= 0.6 is 0 Å². The predicted octanol–water partition coefficient (Wildman–Crippen LogP) is 2.68. The first-order valence-corrected chi connectivity index (χ1v) is 7.15. The van der Waals surface area contributed by atoms with Crippen molar-refractivity contribution >= 4 is 6.09 Å². The van der Waals surface area contributed by atoms with Crippen LogP contribution in [0.2, 0.25) is 0 Å². The van der Waals surface area contributed by atoms with Crippen LogP contribution < -0.4 is 4.74 Å². The van der Waals surface area contributed by atoms with E-state index in [2.05, 4.69) is 0 Å². The van der Waals surface area contributed by atoms with Crippen LogP contribution in [0.25, 0.3) is 0 Å². The number of hydrogen-bond donors (Lipinski definition) is 0. The summed E-state index contributed by atoms with van der Waals surface area (Å²) in [5.41, 5.74) is 0.716. The zero-order valence-corrected chi connectivity index (χ0v) is 11.9. The van der Waals surface area contributed by atoms with Crippen LogP contribution in [0, 0.1) is 5.82 Å². The van der Waals surface area contributed by atoms with Gasteiger partial charge in [0.15, 0.2) is 0 Å². The number of likely N-dealkylation sites (tertiary alicyclic amines) is 1. The van der Waals surface area contributed by atoms with E-state index in [-0.39, 0.29) is 11.9 Å². The minimum absolute atomic E-state index is 0.297. The van der Waals surface area contributed by atoms with Crippen molar-refractivity contribution in [3.8, 4) is 5.75 Å². The van der Waals surface area contributed by atoms with Crippen molar-refractivity contribution in [1.82, 2.24) is 4.90 Å². The van der Waals surface area contributed by atoms with E-state index < -0.39 is 5.79 Å². The molecule has 0 aromatic heterocycles. The molecule has 21 heavy (non-hydrogen) atoms. The zero-order valence-electron chi connectivity index (χ0n) is 11.9. The fourth-order valence-electron chi connectivity index (χ4n) is 2.69. The number of carbonyl (C=O) groups excluding carboxylic acids is 1. The molecule has 114 valence electrons. The van der Waals surface area contributed by atoms with Gasteiger partial charge in [0.05, 0.1) is 13.2 Å². The maximum atomic E-state index is 13.2. The molecule has 1 spiro atoms. The summed E-state index contributed by atoms with van der Waals surface area (Å²) < 4.78 is 29.9. The van der Waals surface area contributed by atoms with Crippen LogP contribution in [0.5, 0.6) is 5.75 Å². The third-order valence-corrected chi connectivity index (χ3v) is 3.86. The normalized spacial score (nSPS) is 19.8. The van der Waals surface area contributed by atoms with Gasteiger partial charge in [0.1, 0.15) is 11.6 Å². The maximum Gasteiger partial charge on any atom is 0.409 e. The smallest absolute Gasteiger partial charge is 0.409 e. The summed E-state index contributed by atoms with van der Waals surface area (Å²) in [6, 6.07) is 4.44. The molecule has 0 saturated carbocycles. The van der Waals surface area contributed by atoms with Crippen molar-refractivity contribution < 1.29 is 23.4 Å². The Morgan fingerprint density at radius 3 is 2.90 bits per heavy atom. The number of piperidine rings is 1. The number of hydrogen-bond acceptors (Lipinski definition) is 4. The molecule has 0 N–H and O–H groups in total. The Bertz CT molecular complexity index is 540. The first kappa shape index (κ1) is 14.1. The fourth-order valence-corrected chi connectivity index (χ4v) is 2.69. The van der Waals surface area contributed by atoms with Gasteiger partial charge in [-0.25, -0.2) is 9.18 Å². The number of rotatable bonds is 1. The minimum atomic E-state index is -0.714. The molecule has 5 nitrogen and oxygen atoms in total. The second-order valence-corrected chi connectivity index (χ2v) is 5.24. The molecule has 2 aliphatic heterocycles. The number of amides is 1. The van der Waals surface area contributed by atoms with Crippen molar-refractivity contribution in [2.75, 3.05) is 19.7 Å². The molecule has 1 aromatic carbocycles. The van der Waals surface area contributed by atoms with E-state index >= 15 is 0 Å². The van der Waals surface area contributed by atoms with Crippen molar-refractivity contribution in [2.24, 2.45) is 0 Å². The third-order valence-electron chi connectivity index (χ3n) is 3.86. The Balaban J connectivity index is 1.66. The number of ether oxygens (including phenoxy) is 3. The van der Waals surface area contributed by atoms with Gasteiger partial charge in [-0.2, -0.15) is 0 Å². The molecule has 1 aromatic rings. The van der Waals surface area contributed by atoms with Crippen LogP contribution in [0.4, 0.5) is 9.18 Å². The van der Waals surface area contributed by atoms with Crippen LogP contribution in [-0.2, 0) is 16.1 Å². The second kappa shape index (κ2) is 5.52. The van der Waals surface area contributed by atoms with E-state index in [1.165, 1.54) is 12.1 Å². The monoisotopic (exact) mass is 295 g/mol. The summed E-state index contributed by atoms with van der Waals surface area (Å²) in [6.45, 7) is 3.52. The standard InChI is InChI=1S/C15H18FNO4/c1-2-19-14(18)17-7-5-15(6-8-17)20-10-11-9-12(16)3-4-13(11)21-15/h3-4,9H,2,5-8,10H2,1H3. The van der Waals surface area contributed by atoms with E-state index in [0.717, 1.165) is 0 Å². The van der Waals surface area contributed by atoms with Gasteiger partial charge in [-0.3, -0.25) is 0 Å². The molecular weight excluding hydrogens is 277 g/mol. The van der Waals surface area contributed by atoms with Crippen molar-refractivity contribution in [3.05, 3.63) is 29.6 Å². The summed E-state index contributed by atoms with van der Waals surface area (Å²) in [7, 11) is 0. The molecule has 0 aliphatic carbocycles. The summed E-state index contributed by atoms with van der Waals surface area (Å²) in [5, 5.41) is 0. The maximum absolute atomic E-state index is 13.2. The van der Waals surface area contributed by atoms with Crippen LogP contribution in [0.15, 0.2) is 18.2 Å². The lowest BCUT2D eigenvalue weighted by Crippen LogP contribution is -2.52. The molecule has 0 bridgehead atoms. The van der Waals surface area contributed by atoms with Gasteiger partial charge < -0.3 is 19.1 Å². The molecule has 1 amide bonds. The first-order valence-electron chi connectivity index (χ1n) is 7.15. The lowest BCUT2D eigenvalue weighted by Gasteiger charge is -2.43. The Morgan fingerprint density at radius 2 is 2.19 bits per heavy atom. The zero-order chi connectivity index (χ0) is 14.9. The molecule has 0 unspecified atom stereocenters. The molecule has 2 aliphatic rings. The van der Waals surface area contributed by atoms with E-state index in [9.17, 15) is 9.18 Å². The molecule has 1 saturated heterocycles. The minimum Gasteiger partial charge on any atom is -0.462 e. The van der Waals surface area contributed by atoms with Crippen molar-refractivity contribution in [2.45, 2.75) is 32.2 Å². The van der Waals surface area contributed by atoms with Crippen molar-refractivity contribution in [3.63, 3.8) is 0 Å². The van der Waals surface area contributed by atoms with Gasteiger partial charge in [-0.05, 0) is 25.1 Å². The number of fused-ring (bicyclic) bond motifs is 1. The number of carbonyl (C=O) groups is 1. The highest BCUT2D eigenvalue weighted by Crippen LogP contribution is 2.37. The number of halogens is 1. The summed E-state index contributed by atoms with van der Waals surface area (Å²) in [6.07, 6.45) is 0.844. The highest BCUT2D eigenvalue weighted by molar-refractivity contribution is 5.67. The molecular formula is C15H18FNO4. The van der Waals surface area contributed by atoms with E-state index in [4.69, 9.17) is 14.2 Å². The molecule has 0 radical (unpaired) electrons. The van der Waals surface area contributed by atoms with E-state index in [1.54, 1.807) is 17.9 Å². The SMILES string of the molecule is CCOC(=O)N1CCC2(CC1)OCc1cc(F)ccc1O2. The molecule has 6 heteroatoms. The predicted molar refractivity (Wildman–Crippen MR) is 72.4 cm³/mol. The van der Waals surface area contributed by atoms with Crippen LogP contribution in [0.3, 0.4) is 0 Å². The Labute approximate surface area is 122 Å². The van der Waals surface area contributed by atoms with Gasteiger partial charge in [-0.15, -0.1) is 0 Å². The average molecular weight is 295 g/mol. The Kier molecular flexibility index (Phi) is 3.71.